The Kier molecular flexibility index (Phi) is 4.12. The Hall–Kier alpha value is -2.67. The van der Waals surface area contributed by atoms with Crippen LogP contribution in [0.1, 0.15) is 12.0 Å². The van der Waals surface area contributed by atoms with Gasteiger partial charge in [-0.25, -0.2) is 9.98 Å². The number of amides is 1. The number of fused-ring (bicyclic) bond motifs is 1. The third-order valence-electron chi connectivity index (χ3n) is 3.74. The molecule has 120 valence electrons. The van der Waals surface area contributed by atoms with Crippen LogP contribution in [0.25, 0.3) is 17.1 Å². The first-order chi connectivity index (χ1) is 11.1. The molecule has 3 rings (SSSR count). The van der Waals surface area contributed by atoms with Gasteiger partial charge in [-0.3, -0.25) is 9.69 Å². The fourth-order valence-electron chi connectivity index (χ4n) is 2.57. The van der Waals surface area contributed by atoms with Gasteiger partial charge in [0.25, 0.3) is 5.91 Å². The highest BCUT2D eigenvalue weighted by Crippen LogP contribution is 2.22. The molecule has 0 saturated heterocycles. The second kappa shape index (κ2) is 6.21. The number of guanidine groups is 1. The Morgan fingerprint density at radius 1 is 1.43 bits per heavy atom. The molecule has 0 aliphatic carbocycles. The van der Waals surface area contributed by atoms with E-state index in [1.165, 1.54) is 4.90 Å². The highest BCUT2D eigenvalue weighted by molar-refractivity contribution is 6.13. The van der Waals surface area contributed by atoms with Crippen LogP contribution in [-0.2, 0) is 4.79 Å². The number of aromatic nitrogens is 2. The lowest BCUT2D eigenvalue weighted by molar-refractivity contribution is -0.122. The molecular weight excluding hydrogens is 292 g/mol. The summed E-state index contributed by atoms with van der Waals surface area (Å²) in [6.07, 6.45) is 6.14. The van der Waals surface area contributed by atoms with E-state index >= 15 is 0 Å². The van der Waals surface area contributed by atoms with Crippen molar-refractivity contribution in [3.05, 3.63) is 35.8 Å². The monoisotopic (exact) mass is 312 g/mol. The average Bonchev–Trinajstić information content (AvgIpc) is 3.04. The van der Waals surface area contributed by atoms with Gasteiger partial charge in [-0.05, 0) is 45.3 Å². The van der Waals surface area contributed by atoms with Gasteiger partial charge in [-0.2, -0.15) is 0 Å². The molecule has 0 radical (unpaired) electrons. The summed E-state index contributed by atoms with van der Waals surface area (Å²) in [4.78, 5) is 27.6. The van der Waals surface area contributed by atoms with Crippen LogP contribution >= 0.6 is 0 Å². The van der Waals surface area contributed by atoms with E-state index in [0.29, 0.717) is 12.2 Å². The van der Waals surface area contributed by atoms with Crippen LogP contribution in [0.2, 0.25) is 0 Å². The highest BCUT2D eigenvalue weighted by Gasteiger charge is 2.28. The van der Waals surface area contributed by atoms with E-state index in [1.807, 2.05) is 32.4 Å². The number of H-pyrrole nitrogens is 1. The normalized spacial score (nSPS) is 16.8. The van der Waals surface area contributed by atoms with Gasteiger partial charge in [0.2, 0.25) is 5.96 Å². The molecule has 0 bridgehead atoms. The van der Waals surface area contributed by atoms with Crippen molar-refractivity contribution in [2.45, 2.75) is 6.42 Å². The molecule has 0 saturated carbocycles. The molecule has 2 aromatic rings. The van der Waals surface area contributed by atoms with Crippen LogP contribution in [0.5, 0.6) is 0 Å². The molecule has 3 heterocycles. The topological polar surface area (TPSA) is 90.6 Å². The molecule has 1 aliphatic rings. The summed E-state index contributed by atoms with van der Waals surface area (Å²) in [5.74, 6) is 0.109. The predicted molar refractivity (Wildman–Crippen MR) is 90.6 cm³/mol. The minimum absolute atomic E-state index is 0.153. The first kappa shape index (κ1) is 15.2. The van der Waals surface area contributed by atoms with Crippen molar-refractivity contribution in [1.82, 2.24) is 19.8 Å². The molecule has 0 aromatic carbocycles. The molecule has 0 fully saturated rings. The van der Waals surface area contributed by atoms with Crippen molar-refractivity contribution < 1.29 is 4.79 Å². The molecule has 3 N–H and O–H groups in total. The van der Waals surface area contributed by atoms with Gasteiger partial charge in [0, 0.05) is 29.9 Å². The third kappa shape index (κ3) is 3.09. The van der Waals surface area contributed by atoms with Gasteiger partial charge in [0.05, 0.1) is 0 Å². The highest BCUT2D eigenvalue weighted by atomic mass is 16.2. The maximum Gasteiger partial charge on any atom is 0.279 e. The van der Waals surface area contributed by atoms with Crippen molar-refractivity contribution >= 4 is 29.0 Å². The number of hydrogen-bond acceptors (Lipinski definition) is 5. The average molecular weight is 312 g/mol. The summed E-state index contributed by atoms with van der Waals surface area (Å²) >= 11 is 0. The van der Waals surface area contributed by atoms with Crippen LogP contribution in [0.3, 0.4) is 0 Å². The molecule has 23 heavy (non-hydrogen) atoms. The van der Waals surface area contributed by atoms with E-state index in [0.717, 1.165) is 29.6 Å². The number of nitrogens with two attached hydrogens (primary N) is 1. The van der Waals surface area contributed by atoms with Crippen LogP contribution in [-0.4, -0.2) is 58.8 Å². The Morgan fingerprint density at radius 2 is 2.26 bits per heavy atom. The van der Waals surface area contributed by atoms with E-state index in [1.54, 1.807) is 12.3 Å². The van der Waals surface area contributed by atoms with Crippen LogP contribution in [0.4, 0.5) is 0 Å². The number of rotatable bonds is 5. The number of pyridine rings is 1. The zero-order valence-corrected chi connectivity index (χ0v) is 13.3. The lowest BCUT2D eigenvalue weighted by Crippen LogP contribution is -2.38. The number of hydrogen-bond donors (Lipinski definition) is 2. The number of nitrogens with zero attached hydrogens (tertiary/aromatic N) is 4. The summed E-state index contributed by atoms with van der Waals surface area (Å²) in [7, 11) is 4.00. The summed E-state index contributed by atoms with van der Waals surface area (Å²) in [5.41, 5.74) is 7.92. The van der Waals surface area contributed by atoms with E-state index in [2.05, 4.69) is 19.9 Å². The largest absolute Gasteiger partial charge is 0.369 e. The second-order valence-corrected chi connectivity index (χ2v) is 5.76. The van der Waals surface area contributed by atoms with Gasteiger partial charge in [0.15, 0.2) is 0 Å². The van der Waals surface area contributed by atoms with Gasteiger partial charge < -0.3 is 15.6 Å². The zero-order chi connectivity index (χ0) is 16.4. The van der Waals surface area contributed by atoms with Gasteiger partial charge in [-0.15, -0.1) is 0 Å². The summed E-state index contributed by atoms with van der Waals surface area (Å²) in [6.45, 7) is 1.46. The van der Waals surface area contributed by atoms with Crippen molar-refractivity contribution in [2.24, 2.45) is 10.7 Å². The Balaban J connectivity index is 1.80. The fourth-order valence-corrected chi connectivity index (χ4v) is 2.57. The van der Waals surface area contributed by atoms with Crippen molar-refractivity contribution in [2.75, 3.05) is 27.2 Å². The van der Waals surface area contributed by atoms with E-state index in [-0.39, 0.29) is 11.9 Å². The number of aliphatic imine (C=N–C) groups is 1. The quantitative estimate of drug-likeness (QED) is 0.806. The van der Waals surface area contributed by atoms with Crippen LogP contribution in [0, 0.1) is 0 Å². The molecule has 0 atom stereocenters. The van der Waals surface area contributed by atoms with Gasteiger partial charge >= 0.3 is 0 Å². The SMILES string of the molecule is CN(C)CCCN1C(=O)/C(=C/c2c[nH]c3ncccc23)N=C1N. The van der Waals surface area contributed by atoms with E-state index in [9.17, 15) is 4.79 Å². The summed E-state index contributed by atoms with van der Waals surface area (Å²) < 4.78 is 0. The second-order valence-electron chi connectivity index (χ2n) is 5.76. The van der Waals surface area contributed by atoms with Crippen molar-refractivity contribution in [3.63, 3.8) is 0 Å². The number of carbonyl (C=O) groups excluding carboxylic acids is 1. The summed E-state index contributed by atoms with van der Waals surface area (Å²) in [5, 5.41) is 0.952. The molecule has 2 aromatic heterocycles. The molecule has 0 spiro atoms. The Labute approximate surface area is 134 Å². The van der Waals surface area contributed by atoms with E-state index < -0.39 is 0 Å². The van der Waals surface area contributed by atoms with Crippen molar-refractivity contribution in [3.8, 4) is 0 Å². The molecule has 0 unspecified atom stereocenters. The van der Waals surface area contributed by atoms with Crippen molar-refractivity contribution in [1.29, 1.82) is 0 Å². The maximum absolute atomic E-state index is 12.5. The number of carbonyl (C=O) groups is 1. The maximum atomic E-state index is 12.5. The van der Waals surface area contributed by atoms with Gasteiger partial charge in [0.1, 0.15) is 11.3 Å². The van der Waals surface area contributed by atoms with Gasteiger partial charge in [-0.1, -0.05) is 0 Å². The molecular formula is C16H20N6O. The lowest BCUT2D eigenvalue weighted by Gasteiger charge is -2.16. The lowest BCUT2D eigenvalue weighted by atomic mass is 10.2. The first-order valence-electron chi connectivity index (χ1n) is 7.51. The smallest absolute Gasteiger partial charge is 0.279 e. The predicted octanol–water partition coefficient (Wildman–Crippen LogP) is 1.01. The zero-order valence-electron chi connectivity index (χ0n) is 13.3. The molecule has 1 amide bonds. The minimum atomic E-state index is -0.153. The van der Waals surface area contributed by atoms with Crippen LogP contribution in [0.15, 0.2) is 35.2 Å². The first-order valence-corrected chi connectivity index (χ1v) is 7.51. The summed E-state index contributed by atoms with van der Waals surface area (Å²) in [6, 6.07) is 3.81. The number of aromatic amines is 1. The third-order valence-corrected chi connectivity index (χ3v) is 3.74. The molecule has 1 aliphatic heterocycles. The Morgan fingerprint density at radius 3 is 3.04 bits per heavy atom. The standard InChI is InChI=1S/C16H20N6O/c1-21(2)7-4-8-22-15(23)13(20-16(22)17)9-11-10-19-14-12(11)5-3-6-18-14/h3,5-6,9-10H,4,7-8H2,1-2H3,(H2,17,20)(H,18,19)/b13-9-. The van der Waals surface area contributed by atoms with Crippen LogP contribution < -0.4 is 5.73 Å². The molecule has 7 nitrogen and oxygen atoms in total. The fraction of sp³-hybridized carbons (Fsp3) is 0.312. The molecule has 7 heteroatoms. The minimum Gasteiger partial charge on any atom is -0.369 e. The number of nitrogens with one attached hydrogen (secondary N) is 1. The van der Waals surface area contributed by atoms with E-state index in [4.69, 9.17) is 5.73 Å². The Bertz CT molecular complexity index is 789.